The van der Waals surface area contributed by atoms with Crippen LogP contribution >= 0.6 is 0 Å². The van der Waals surface area contributed by atoms with Crippen LogP contribution in [0.1, 0.15) is 11.4 Å². The maximum Gasteiger partial charge on any atom is 0.312 e. The molecular formula is C16H19F2N5O4S. The van der Waals surface area contributed by atoms with E-state index in [0.29, 0.717) is 30.5 Å². The van der Waals surface area contributed by atoms with Crippen molar-refractivity contribution in [1.29, 1.82) is 0 Å². The van der Waals surface area contributed by atoms with Gasteiger partial charge in [0.05, 0.1) is 11.6 Å². The Labute approximate surface area is 160 Å². The summed E-state index contributed by atoms with van der Waals surface area (Å²) in [5.41, 5.74) is 0.703. The predicted molar refractivity (Wildman–Crippen MR) is 95.0 cm³/mol. The minimum absolute atomic E-state index is 0.0343. The number of hydrogen-bond acceptors (Lipinski definition) is 6. The lowest BCUT2D eigenvalue weighted by Gasteiger charge is -2.33. The molecule has 0 amide bonds. The Morgan fingerprint density at radius 3 is 2.36 bits per heavy atom. The summed E-state index contributed by atoms with van der Waals surface area (Å²) < 4.78 is 54.8. The van der Waals surface area contributed by atoms with Crippen molar-refractivity contribution in [3.8, 4) is 0 Å². The molecule has 0 saturated carbocycles. The minimum atomic E-state index is -4.07. The average Bonchev–Trinajstić information content (AvgIpc) is 2.88. The summed E-state index contributed by atoms with van der Waals surface area (Å²) in [4.78, 5) is 12.0. The second-order valence-corrected chi connectivity index (χ2v) is 8.42. The molecule has 0 radical (unpaired) electrons. The van der Waals surface area contributed by atoms with Gasteiger partial charge in [-0.15, -0.1) is 0 Å². The van der Waals surface area contributed by atoms with E-state index in [1.54, 1.807) is 13.8 Å². The maximum atomic E-state index is 13.9. The standard InChI is InChI=1S/C16H19F2N5O4S/c1-11-16(23(24)25)12(2)22(19-11)10-20-5-7-21(8-6-20)28(26,27)15-4-3-13(17)9-14(15)18/h3-4,9H,5-8,10H2,1-2H3. The summed E-state index contributed by atoms with van der Waals surface area (Å²) in [5.74, 6) is -1.97. The fourth-order valence-corrected chi connectivity index (χ4v) is 4.68. The molecule has 1 aliphatic rings. The van der Waals surface area contributed by atoms with Crippen LogP contribution in [0.25, 0.3) is 0 Å². The highest BCUT2D eigenvalue weighted by Crippen LogP contribution is 2.24. The topological polar surface area (TPSA) is 102 Å². The van der Waals surface area contributed by atoms with E-state index >= 15 is 0 Å². The first-order chi connectivity index (χ1) is 13.1. The van der Waals surface area contributed by atoms with Crippen LogP contribution in [0.3, 0.4) is 0 Å². The van der Waals surface area contributed by atoms with Crippen LogP contribution in [0.4, 0.5) is 14.5 Å². The summed E-state index contributed by atoms with van der Waals surface area (Å²) >= 11 is 0. The van der Waals surface area contributed by atoms with Gasteiger partial charge < -0.3 is 0 Å². The lowest BCUT2D eigenvalue weighted by molar-refractivity contribution is -0.386. The third-order valence-corrected chi connectivity index (χ3v) is 6.63. The largest absolute Gasteiger partial charge is 0.312 e. The van der Waals surface area contributed by atoms with Gasteiger partial charge in [-0.05, 0) is 26.0 Å². The molecule has 3 rings (SSSR count). The maximum absolute atomic E-state index is 13.9. The quantitative estimate of drug-likeness (QED) is 0.544. The highest BCUT2D eigenvalue weighted by Gasteiger charge is 2.31. The average molecular weight is 415 g/mol. The van der Waals surface area contributed by atoms with Gasteiger partial charge in [-0.1, -0.05) is 0 Å². The number of aromatic nitrogens is 2. The van der Waals surface area contributed by atoms with Crippen LogP contribution in [0.2, 0.25) is 0 Å². The number of halogens is 2. The summed E-state index contributed by atoms with van der Waals surface area (Å²) in [5, 5.41) is 15.3. The molecule has 1 aliphatic heterocycles. The lowest BCUT2D eigenvalue weighted by Crippen LogP contribution is -2.49. The van der Waals surface area contributed by atoms with Gasteiger partial charge in [0.1, 0.15) is 27.9 Å². The summed E-state index contributed by atoms with van der Waals surface area (Å²) in [6, 6.07) is 2.36. The van der Waals surface area contributed by atoms with Crippen molar-refractivity contribution in [3.63, 3.8) is 0 Å². The molecule has 0 atom stereocenters. The van der Waals surface area contributed by atoms with Crippen LogP contribution in [0.15, 0.2) is 23.1 Å². The molecule has 0 N–H and O–H groups in total. The van der Waals surface area contributed by atoms with Crippen molar-refractivity contribution in [3.05, 3.63) is 51.3 Å². The highest BCUT2D eigenvalue weighted by molar-refractivity contribution is 7.89. The number of aryl methyl sites for hydroxylation is 1. The van der Waals surface area contributed by atoms with E-state index in [1.807, 2.05) is 4.90 Å². The first-order valence-electron chi connectivity index (χ1n) is 8.47. The van der Waals surface area contributed by atoms with Crippen LogP contribution < -0.4 is 0 Å². The molecule has 0 aliphatic carbocycles. The number of piperazine rings is 1. The molecule has 1 fully saturated rings. The zero-order chi connectivity index (χ0) is 20.6. The fraction of sp³-hybridized carbons (Fsp3) is 0.438. The molecule has 1 saturated heterocycles. The van der Waals surface area contributed by atoms with Crippen molar-refractivity contribution >= 4 is 15.7 Å². The van der Waals surface area contributed by atoms with E-state index in [2.05, 4.69) is 5.10 Å². The Balaban J connectivity index is 1.69. The van der Waals surface area contributed by atoms with Gasteiger partial charge >= 0.3 is 5.69 Å². The van der Waals surface area contributed by atoms with E-state index in [0.717, 1.165) is 16.4 Å². The minimum Gasteiger partial charge on any atom is -0.282 e. The fourth-order valence-electron chi connectivity index (χ4n) is 3.21. The Hall–Kier alpha value is -2.44. The number of hydrogen-bond donors (Lipinski definition) is 0. The number of sulfonamides is 1. The Bertz CT molecular complexity index is 1020. The SMILES string of the molecule is Cc1nn(CN2CCN(S(=O)(=O)c3ccc(F)cc3F)CC2)c(C)c1[N+](=O)[O-]. The van der Waals surface area contributed by atoms with Crippen LogP contribution in [-0.2, 0) is 16.7 Å². The van der Waals surface area contributed by atoms with Gasteiger partial charge in [0, 0.05) is 32.2 Å². The normalized spacial score (nSPS) is 16.4. The molecule has 2 aromatic rings. The van der Waals surface area contributed by atoms with Crippen molar-refractivity contribution in [2.45, 2.75) is 25.4 Å². The van der Waals surface area contributed by atoms with E-state index in [1.165, 1.54) is 4.68 Å². The van der Waals surface area contributed by atoms with E-state index in [-0.39, 0.29) is 25.4 Å². The number of rotatable bonds is 5. The molecule has 0 unspecified atom stereocenters. The molecule has 152 valence electrons. The van der Waals surface area contributed by atoms with Gasteiger partial charge in [-0.25, -0.2) is 21.9 Å². The Morgan fingerprint density at radius 2 is 1.82 bits per heavy atom. The van der Waals surface area contributed by atoms with Gasteiger partial charge in [-0.3, -0.25) is 15.0 Å². The molecule has 0 bridgehead atoms. The van der Waals surface area contributed by atoms with Crippen molar-refractivity contribution in [1.82, 2.24) is 19.0 Å². The highest BCUT2D eigenvalue weighted by atomic mass is 32.2. The number of nitro groups is 1. The third kappa shape index (κ3) is 3.75. The molecular weight excluding hydrogens is 396 g/mol. The monoisotopic (exact) mass is 415 g/mol. The predicted octanol–water partition coefficient (Wildman–Crippen LogP) is 1.65. The molecule has 9 nitrogen and oxygen atoms in total. The Morgan fingerprint density at radius 1 is 1.18 bits per heavy atom. The summed E-state index contributed by atoms with van der Waals surface area (Å²) in [6.45, 7) is 4.35. The number of nitrogens with zero attached hydrogens (tertiary/aromatic N) is 5. The molecule has 1 aromatic heterocycles. The van der Waals surface area contributed by atoms with Crippen LogP contribution in [-0.4, -0.2) is 58.5 Å². The van der Waals surface area contributed by atoms with E-state index in [4.69, 9.17) is 0 Å². The number of benzene rings is 1. The first kappa shape index (κ1) is 20.3. The van der Waals surface area contributed by atoms with Crippen LogP contribution in [0.5, 0.6) is 0 Å². The molecule has 0 spiro atoms. The summed E-state index contributed by atoms with van der Waals surface area (Å²) in [7, 11) is -4.07. The van der Waals surface area contributed by atoms with Gasteiger partial charge in [0.2, 0.25) is 10.0 Å². The van der Waals surface area contributed by atoms with Crippen LogP contribution in [0, 0.1) is 35.6 Å². The lowest BCUT2D eigenvalue weighted by atomic mass is 10.3. The van der Waals surface area contributed by atoms with Crippen molar-refractivity contribution < 1.29 is 22.1 Å². The first-order valence-corrected chi connectivity index (χ1v) is 9.91. The molecule has 1 aromatic carbocycles. The molecule has 12 heteroatoms. The zero-order valence-electron chi connectivity index (χ0n) is 15.3. The van der Waals surface area contributed by atoms with Gasteiger partial charge in [0.15, 0.2) is 0 Å². The second-order valence-electron chi connectivity index (χ2n) is 6.51. The van der Waals surface area contributed by atoms with Gasteiger partial charge in [0.25, 0.3) is 0 Å². The smallest absolute Gasteiger partial charge is 0.282 e. The third-order valence-electron chi connectivity index (χ3n) is 4.70. The van der Waals surface area contributed by atoms with Crippen molar-refractivity contribution in [2.75, 3.05) is 26.2 Å². The summed E-state index contributed by atoms with van der Waals surface area (Å²) in [6.07, 6.45) is 0. The van der Waals surface area contributed by atoms with Gasteiger partial charge in [-0.2, -0.15) is 9.40 Å². The zero-order valence-corrected chi connectivity index (χ0v) is 16.1. The van der Waals surface area contributed by atoms with E-state index < -0.39 is 31.5 Å². The molecule has 2 heterocycles. The molecule has 28 heavy (non-hydrogen) atoms. The second kappa shape index (κ2) is 7.53. The van der Waals surface area contributed by atoms with E-state index in [9.17, 15) is 27.3 Å². The van der Waals surface area contributed by atoms with Crippen molar-refractivity contribution in [2.24, 2.45) is 0 Å². The Kier molecular flexibility index (Phi) is 5.46.